The molecule has 0 amide bonds. The largest absolute Gasteiger partial charge is 2.00 e. The van der Waals surface area contributed by atoms with Crippen LogP contribution in [0.25, 0.3) is 0 Å². The van der Waals surface area contributed by atoms with Crippen LogP contribution in [0.1, 0.15) is 0 Å². The van der Waals surface area contributed by atoms with Gasteiger partial charge >= 0.3 is 81.7 Å². The Morgan fingerprint density at radius 2 is 0.453 bits per heavy atom. The van der Waals surface area contributed by atoms with E-state index in [4.69, 9.17) is 107 Å². The number of hydrogen-bond donors (Lipinski definition) is 8. The molecule has 4 aromatic rings. The summed E-state index contributed by atoms with van der Waals surface area (Å²) in [6, 6.07) is 6.39. The summed E-state index contributed by atoms with van der Waals surface area (Å²) >= 11 is 0. The fourth-order valence-electron chi connectivity index (χ4n) is 1.14. The minimum absolute atomic E-state index is 0. The molecule has 0 aliphatic carbocycles. The van der Waals surface area contributed by atoms with Gasteiger partial charge in [0, 0.05) is 52.4 Å². The molecular weight excluding hydrogens is 1250 g/mol. The maximum atomic E-state index is 10.0. The van der Waals surface area contributed by atoms with Crippen molar-refractivity contribution < 1.29 is 102 Å². The van der Waals surface area contributed by atoms with E-state index in [0.717, 1.165) is 0 Å². The maximum absolute atomic E-state index is 10.0. The minimum Gasteiger partial charge on any atom is -0.407 e. The van der Waals surface area contributed by atoms with Gasteiger partial charge in [0.15, 0.2) is 22.8 Å². The molecule has 0 spiro atoms. The maximum Gasteiger partial charge on any atom is 2.00 e. The average Bonchev–Trinajstić information content (AvgIpc) is 3.19. The third kappa shape index (κ3) is 187. The van der Waals surface area contributed by atoms with Crippen LogP contribution in [-0.2, 0) is 81.7 Å². The van der Waals surface area contributed by atoms with Crippen LogP contribution in [0.2, 0.25) is 0 Å². The van der Waals surface area contributed by atoms with Crippen LogP contribution in [0, 0.1) is 61.3 Å². The van der Waals surface area contributed by atoms with Crippen LogP contribution < -0.4 is 88.6 Å². The summed E-state index contributed by atoms with van der Waals surface area (Å²) in [4.78, 5) is 99.7. The molecule has 4 aromatic heterocycles. The topological polar surface area (TPSA) is 649 Å². The number of aromatic nitrogens is 8. The molecular formula is C24H44N20O16Pd4. The normalized spacial score (nSPS) is 7.12. The molecule has 0 bridgehead atoms. The van der Waals surface area contributed by atoms with E-state index in [1.165, 1.54) is 49.6 Å². The van der Waals surface area contributed by atoms with Crippen molar-refractivity contribution in [2.24, 2.45) is 45.9 Å². The Balaban J connectivity index is -0.0000000463. The van der Waals surface area contributed by atoms with E-state index in [1.54, 1.807) is 24.3 Å². The van der Waals surface area contributed by atoms with Crippen molar-refractivity contribution in [1.29, 1.82) is 0 Å². The van der Waals surface area contributed by atoms with E-state index in [2.05, 4.69) is 39.9 Å². The fraction of sp³-hybridized carbons (Fsp3) is 0.333. The van der Waals surface area contributed by atoms with Gasteiger partial charge in [-0.3, -0.25) is 19.2 Å². The second-order valence-corrected chi connectivity index (χ2v) is 7.33. The monoisotopic (exact) mass is 1290 g/mol. The first-order valence-electron chi connectivity index (χ1n) is 14.8. The van der Waals surface area contributed by atoms with E-state index in [0.29, 0.717) is 52.4 Å². The first-order chi connectivity index (χ1) is 28.2. The molecule has 36 nitrogen and oxygen atoms in total. The second kappa shape index (κ2) is 85.0. The zero-order chi connectivity index (χ0) is 48.4. The van der Waals surface area contributed by atoms with Crippen LogP contribution in [0.15, 0.2) is 93.0 Å². The predicted molar refractivity (Wildman–Crippen MR) is 209 cm³/mol. The molecule has 0 aromatic carbocycles. The molecule has 0 saturated heterocycles. The molecule has 0 fully saturated rings. The zero-order valence-corrected chi connectivity index (χ0v) is 38.6. The van der Waals surface area contributed by atoms with Crippen LogP contribution in [0.4, 0.5) is 0 Å². The zero-order valence-electron chi connectivity index (χ0n) is 32.4. The molecule has 0 aliphatic heterocycles. The number of hydrogen-bond acceptors (Lipinski definition) is 28. The summed E-state index contributed by atoms with van der Waals surface area (Å²) in [7, 11) is 0. The Labute approximate surface area is 414 Å². The minimum atomic E-state index is -1.75. The molecule has 40 heteroatoms. The first kappa shape index (κ1) is 89.6. The van der Waals surface area contributed by atoms with Crippen LogP contribution in [0.5, 0.6) is 0 Å². The van der Waals surface area contributed by atoms with Gasteiger partial charge < -0.3 is 147 Å². The van der Waals surface area contributed by atoms with E-state index in [9.17, 15) is 19.2 Å². The summed E-state index contributed by atoms with van der Waals surface area (Å²) in [5, 5.41) is 59.0. The third-order valence-electron chi connectivity index (χ3n) is 2.83. The number of nitrogens with zero attached hydrogens (tertiary/aromatic N) is 12. The summed E-state index contributed by atoms with van der Waals surface area (Å²) < 4.78 is 0. The van der Waals surface area contributed by atoms with Crippen LogP contribution in [0.3, 0.4) is 0 Å². The van der Waals surface area contributed by atoms with Gasteiger partial charge in [-0.15, -0.1) is 0 Å². The molecule has 376 valence electrons. The first-order valence-corrected chi connectivity index (χ1v) is 14.8. The summed E-state index contributed by atoms with van der Waals surface area (Å²) in [5.41, 5.74) is 37.5. The third-order valence-corrected chi connectivity index (χ3v) is 2.83. The number of rotatable bonds is 4. The summed E-state index contributed by atoms with van der Waals surface area (Å²) in [6.45, 7) is 4.78. The predicted octanol–water partition coefficient (Wildman–Crippen LogP) is -7.76. The quantitative estimate of drug-likeness (QED) is 0.0534. The summed E-state index contributed by atoms with van der Waals surface area (Å²) in [6.07, 6.45) is 11.3. The van der Waals surface area contributed by atoms with Crippen molar-refractivity contribution in [3.63, 3.8) is 0 Å². The Morgan fingerprint density at radius 1 is 0.344 bits per heavy atom. The van der Waals surface area contributed by atoms with Gasteiger partial charge in [-0.1, -0.05) is 73.8 Å². The molecule has 4 heterocycles. The van der Waals surface area contributed by atoms with Crippen molar-refractivity contribution in [3.8, 4) is 0 Å². The molecule has 64 heavy (non-hydrogen) atoms. The Kier molecular flexibility index (Phi) is 119. The van der Waals surface area contributed by atoms with Crippen molar-refractivity contribution >= 4 is 0 Å². The van der Waals surface area contributed by atoms with Gasteiger partial charge in [0.2, 0.25) is 0 Å². The van der Waals surface area contributed by atoms with Crippen LogP contribution >= 0.6 is 0 Å². The van der Waals surface area contributed by atoms with Crippen LogP contribution in [-0.4, -0.2) is 92.6 Å². The van der Waals surface area contributed by atoms with Crippen molar-refractivity contribution in [2.45, 2.75) is 0 Å². The summed E-state index contributed by atoms with van der Waals surface area (Å²) in [5.74, 6) is 0. The van der Waals surface area contributed by atoms with Gasteiger partial charge in [0.05, 0.1) is 20.3 Å². The van der Waals surface area contributed by atoms with Crippen molar-refractivity contribution in [1.82, 2.24) is 39.9 Å². The Bertz CT molecular complexity index is 1380. The van der Waals surface area contributed by atoms with Gasteiger partial charge in [-0.05, 0) is 0 Å². The molecule has 0 unspecified atom stereocenters. The second-order valence-electron chi connectivity index (χ2n) is 7.33. The molecule has 0 radical (unpaired) electrons. The standard InChI is InChI=1S/4C4H4N2O.4C2H8N2.4NO3.4Pd/c4*7-4-5-2-1-3-6-4;4*3-1-2-4;4*2-1(3)4;;;;/h4*1-3H,(H,5,6,7);4*1-4H2;;;;;;;;/q;;;;;;;;4*-1;4*+2/p-4. The Morgan fingerprint density at radius 3 is 0.484 bits per heavy atom. The molecule has 16 N–H and O–H groups in total. The molecule has 0 aliphatic rings. The smallest absolute Gasteiger partial charge is 0.407 e. The molecule has 0 atom stereocenters. The van der Waals surface area contributed by atoms with E-state index < -0.39 is 43.1 Å². The molecule has 0 saturated carbocycles. The number of nitrogens with two attached hydrogens (primary N) is 8. The van der Waals surface area contributed by atoms with Gasteiger partial charge in [0.1, 0.15) is 0 Å². The van der Waals surface area contributed by atoms with Gasteiger partial charge in [-0.2, -0.15) is 0 Å². The van der Waals surface area contributed by atoms with E-state index in [1.807, 2.05) is 0 Å². The van der Waals surface area contributed by atoms with Gasteiger partial charge in [0.25, 0.3) is 0 Å². The molecule has 4 rings (SSSR count). The Hall–Kier alpha value is -5.35. The van der Waals surface area contributed by atoms with Gasteiger partial charge in [-0.25, -0.2) is 0 Å². The van der Waals surface area contributed by atoms with Crippen molar-refractivity contribution in [2.75, 3.05) is 52.4 Å². The van der Waals surface area contributed by atoms with Crippen molar-refractivity contribution in [3.05, 3.63) is 177 Å². The fourth-order valence-corrected chi connectivity index (χ4v) is 1.14. The SMILES string of the molecule is NCCN.NCCN.NCCN.NCCN.O=[N+]([O-])[O-].O=[N+]([O-])[O-].O=[N+]([O-])[O-].O=[N+]([O-])[O-].O=c1nccc[n-]1.O=c1nccc[n-]1.O=c1nccc[n-]1.O=c1nccc[n-]1.[Pd+2].[Pd+2].[Pd+2].[Pd+2]. The van der Waals surface area contributed by atoms with E-state index >= 15 is 0 Å². The van der Waals surface area contributed by atoms with E-state index in [-0.39, 0.29) is 81.7 Å². The average molecular weight is 1290 g/mol.